The number of likely N-dealkylation sites (tertiary alicyclic amines) is 1. The Labute approximate surface area is 193 Å². The predicted octanol–water partition coefficient (Wildman–Crippen LogP) is 3.77. The van der Waals surface area contributed by atoms with Gasteiger partial charge in [0.15, 0.2) is 0 Å². The molecule has 30 heavy (non-hydrogen) atoms. The zero-order chi connectivity index (χ0) is 20.1. The second-order valence-electron chi connectivity index (χ2n) is 9.14. The van der Waals surface area contributed by atoms with Crippen molar-refractivity contribution < 1.29 is 23.4 Å². The van der Waals surface area contributed by atoms with Crippen LogP contribution in [0.25, 0.3) is 5.32 Å². The average Bonchev–Trinajstić information content (AvgIpc) is 2.99. The summed E-state index contributed by atoms with van der Waals surface area (Å²) >= 11 is 0. The second-order valence-corrected chi connectivity index (χ2v) is 9.14. The van der Waals surface area contributed by atoms with E-state index in [2.05, 4.69) is 27.5 Å². The summed E-state index contributed by atoms with van der Waals surface area (Å²) < 4.78 is 0. The van der Waals surface area contributed by atoms with Crippen molar-refractivity contribution in [3.8, 4) is 0 Å². The summed E-state index contributed by atoms with van der Waals surface area (Å²) in [5, 5.41) is 4.60. The summed E-state index contributed by atoms with van der Waals surface area (Å²) in [5.74, 6) is 2.58. The Morgan fingerprint density at radius 2 is 1.63 bits per heavy atom. The number of piperidine rings is 1. The molecule has 165 valence electrons. The van der Waals surface area contributed by atoms with Crippen molar-refractivity contribution in [3.63, 3.8) is 0 Å². The van der Waals surface area contributed by atoms with E-state index in [1.807, 2.05) is 6.92 Å². The van der Waals surface area contributed by atoms with Crippen LogP contribution >= 0.6 is 0 Å². The molecule has 5 rings (SSSR count). The number of rotatable bonds is 5. The Morgan fingerprint density at radius 1 is 1.03 bits per heavy atom. The fourth-order valence-electron chi connectivity index (χ4n) is 5.18. The molecule has 0 spiro atoms. The number of carbonyl (C=O) groups is 1. The van der Waals surface area contributed by atoms with Crippen LogP contribution in [0.15, 0.2) is 12.4 Å². The molecule has 2 atom stereocenters. The van der Waals surface area contributed by atoms with Crippen LogP contribution in [0.5, 0.6) is 0 Å². The summed E-state index contributed by atoms with van der Waals surface area (Å²) in [6, 6.07) is 1.08. The molecular weight excluding hydrogens is 413 g/mol. The minimum Gasteiger partial charge on any atom is -0.659 e. The zero-order valence-corrected chi connectivity index (χ0v) is 19.7. The molecule has 4 aliphatic rings. The van der Waals surface area contributed by atoms with Gasteiger partial charge in [0, 0.05) is 56.0 Å². The van der Waals surface area contributed by atoms with Gasteiger partial charge in [0.05, 0.1) is 0 Å². The van der Waals surface area contributed by atoms with E-state index >= 15 is 0 Å². The first kappa shape index (κ1) is 23.7. The van der Waals surface area contributed by atoms with Gasteiger partial charge in [-0.15, -0.1) is 13.1 Å². The molecule has 4 heterocycles. The predicted molar refractivity (Wildman–Crippen MR) is 117 cm³/mol. The number of piperazine rings is 1. The Bertz CT molecular complexity index is 629. The van der Waals surface area contributed by atoms with Crippen molar-refractivity contribution in [1.29, 1.82) is 0 Å². The van der Waals surface area contributed by atoms with E-state index in [4.69, 9.17) is 9.97 Å². The summed E-state index contributed by atoms with van der Waals surface area (Å²) in [7, 11) is 0. The zero-order valence-electron chi connectivity index (χ0n) is 18.3. The quantitative estimate of drug-likeness (QED) is 0.641. The number of aldehydes is 1. The maximum absolute atomic E-state index is 9.17. The molecule has 1 aromatic heterocycles. The molecule has 3 aliphatic heterocycles. The van der Waals surface area contributed by atoms with E-state index in [1.165, 1.54) is 70.1 Å². The van der Waals surface area contributed by atoms with Crippen LogP contribution in [0, 0.1) is 5.92 Å². The molecule has 3 saturated heterocycles. The second kappa shape index (κ2) is 11.6. The van der Waals surface area contributed by atoms with E-state index in [0.29, 0.717) is 24.4 Å². The van der Waals surface area contributed by atoms with Crippen molar-refractivity contribution in [1.82, 2.24) is 14.9 Å². The molecule has 2 bridgehead atoms. The molecule has 4 fully saturated rings. The molecular formula is C23H36N5OV-. The molecule has 7 heteroatoms. The number of hydrogen-bond acceptors (Lipinski definition) is 5. The Kier molecular flexibility index (Phi) is 9.18. The van der Waals surface area contributed by atoms with E-state index < -0.39 is 0 Å². The minimum absolute atomic E-state index is 0. The summed E-state index contributed by atoms with van der Waals surface area (Å²) in [4.78, 5) is 23.8. The standard InChI is InChI=1S/C20H30N5.C3H6O.V/c1-2-15(3-1)14-24-8-6-16(7-9-24)17-10-22-20(23-11-17)25-18-4-5-19(25)13-21-12-18;1-2-3-4;/h10-11,15-16,18-19H,1-9,12-14H2;3H,2H2,1H3;/q-1;;. The number of aromatic nitrogens is 2. The minimum atomic E-state index is 0. The first-order valence-electron chi connectivity index (χ1n) is 11.7. The largest absolute Gasteiger partial charge is 0.659 e. The van der Waals surface area contributed by atoms with Gasteiger partial charge in [-0.05, 0) is 69.0 Å². The van der Waals surface area contributed by atoms with Crippen LogP contribution < -0.4 is 4.90 Å². The van der Waals surface area contributed by atoms with Gasteiger partial charge < -0.3 is 19.9 Å². The summed E-state index contributed by atoms with van der Waals surface area (Å²) in [6.45, 7) is 7.57. The molecule has 1 aromatic rings. The average molecular weight is 450 g/mol. The van der Waals surface area contributed by atoms with Gasteiger partial charge in [-0.3, -0.25) is 0 Å². The molecule has 1 aliphatic carbocycles. The van der Waals surface area contributed by atoms with E-state index in [9.17, 15) is 4.79 Å². The first-order chi connectivity index (χ1) is 14.3. The van der Waals surface area contributed by atoms with Gasteiger partial charge >= 0.3 is 0 Å². The van der Waals surface area contributed by atoms with Crippen LogP contribution in [0.1, 0.15) is 69.8 Å². The normalized spacial score (nSPS) is 26.9. The number of anilines is 1. The van der Waals surface area contributed by atoms with E-state index in [0.717, 1.165) is 31.2 Å². The summed E-state index contributed by atoms with van der Waals surface area (Å²) in [6.07, 6.45) is 15.1. The Balaban J connectivity index is 0.000000473. The van der Waals surface area contributed by atoms with Gasteiger partial charge in [0.2, 0.25) is 5.95 Å². The third-order valence-electron chi connectivity index (χ3n) is 7.16. The fraction of sp³-hybridized carbons (Fsp3) is 0.783. The van der Waals surface area contributed by atoms with Crippen LogP contribution in [0.2, 0.25) is 0 Å². The molecule has 6 nitrogen and oxygen atoms in total. The topological polar surface area (TPSA) is 63.4 Å². The molecule has 0 N–H and O–H groups in total. The molecule has 1 saturated carbocycles. The Morgan fingerprint density at radius 3 is 2.13 bits per heavy atom. The van der Waals surface area contributed by atoms with E-state index in [-0.39, 0.29) is 18.6 Å². The van der Waals surface area contributed by atoms with Gasteiger partial charge in [-0.25, -0.2) is 9.97 Å². The maximum atomic E-state index is 9.17. The van der Waals surface area contributed by atoms with Crippen LogP contribution in [0.4, 0.5) is 5.95 Å². The van der Waals surface area contributed by atoms with Crippen molar-refractivity contribution in [2.75, 3.05) is 37.6 Å². The maximum Gasteiger partial charge on any atom is 0.225 e. The molecule has 0 amide bonds. The van der Waals surface area contributed by atoms with Crippen LogP contribution in [-0.4, -0.2) is 66.0 Å². The smallest absolute Gasteiger partial charge is 0.225 e. The summed E-state index contributed by atoms with van der Waals surface area (Å²) in [5.41, 5.74) is 1.35. The monoisotopic (exact) mass is 449 g/mol. The third-order valence-corrected chi connectivity index (χ3v) is 7.16. The van der Waals surface area contributed by atoms with Crippen LogP contribution in [-0.2, 0) is 23.4 Å². The van der Waals surface area contributed by atoms with Crippen molar-refractivity contribution in [3.05, 3.63) is 23.3 Å². The third kappa shape index (κ3) is 5.64. The van der Waals surface area contributed by atoms with Crippen molar-refractivity contribution in [2.45, 2.75) is 76.3 Å². The SMILES string of the molecule is CCC=O.[V].c1nc(N2C3CCC2C[N-]C3)ncc1C1CCN(CC2CCC2)CC1. The molecule has 0 aromatic carbocycles. The van der Waals surface area contributed by atoms with E-state index in [1.54, 1.807) is 0 Å². The van der Waals surface area contributed by atoms with Gasteiger partial charge in [0.1, 0.15) is 6.29 Å². The van der Waals surface area contributed by atoms with Gasteiger partial charge in [-0.2, -0.15) is 0 Å². The van der Waals surface area contributed by atoms with Gasteiger partial charge in [0.25, 0.3) is 0 Å². The fourth-order valence-corrected chi connectivity index (χ4v) is 5.18. The number of carbonyl (C=O) groups excluding carboxylic acids is 1. The number of nitrogens with zero attached hydrogens (tertiary/aromatic N) is 5. The van der Waals surface area contributed by atoms with Crippen molar-refractivity contribution in [2.24, 2.45) is 5.92 Å². The van der Waals surface area contributed by atoms with Crippen LogP contribution in [0.3, 0.4) is 0 Å². The number of hydrogen-bond donors (Lipinski definition) is 0. The van der Waals surface area contributed by atoms with Crippen molar-refractivity contribution >= 4 is 12.2 Å². The first-order valence-corrected chi connectivity index (χ1v) is 11.7. The molecule has 1 radical (unpaired) electrons. The number of fused-ring (bicyclic) bond motifs is 2. The Hall–Kier alpha value is -0.946. The van der Waals surface area contributed by atoms with Gasteiger partial charge in [-0.1, -0.05) is 13.3 Å². The molecule has 2 unspecified atom stereocenters.